The third-order valence-corrected chi connectivity index (χ3v) is 13.0. The van der Waals surface area contributed by atoms with Crippen LogP contribution in [-0.4, -0.2) is 37.2 Å². The van der Waals surface area contributed by atoms with E-state index >= 15 is 0 Å². The van der Waals surface area contributed by atoms with Gasteiger partial charge in [-0.25, -0.2) is 0 Å². The largest absolute Gasteiger partial charge is 0.462 e. The minimum absolute atomic E-state index is 0.0704. The maximum Gasteiger partial charge on any atom is 0.310 e. The first-order valence-electron chi connectivity index (χ1n) is 32.3. The molecule has 0 spiro atoms. The fourth-order valence-electron chi connectivity index (χ4n) is 8.27. The lowest BCUT2D eigenvalue weighted by molar-refractivity contribution is -0.166. The average molecular weight is 1110 g/mol. The topological polar surface area (TPSA) is 78.9 Å². The third-order valence-electron chi connectivity index (χ3n) is 13.0. The van der Waals surface area contributed by atoms with Crippen molar-refractivity contribution in [2.45, 2.75) is 258 Å². The molecule has 0 bridgehead atoms. The zero-order chi connectivity index (χ0) is 58.5. The van der Waals surface area contributed by atoms with Crippen LogP contribution >= 0.6 is 0 Å². The van der Waals surface area contributed by atoms with Gasteiger partial charge in [-0.1, -0.05) is 299 Å². The SMILES string of the molecule is CC/C=C\C/C=C\C/C=C\C/C=C\C/C=C\CCCCCCCCCCCCCCCCCCCC(=O)OCC(COC(=O)C/C=C\C/C=C\C/C=C\C/C=C\C/C=C\CC)OC(=O)C/C=C\C/C=C\C/C=C\C/C=C\C/C=C\CC. The van der Waals surface area contributed by atoms with Crippen molar-refractivity contribution in [2.75, 3.05) is 13.2 Å². The van der Waals surface area contributed by atoms with Crippen molar-refractivity contribution >= 4 is 17.9 Å². The van der Waals surface area contributed by atoms with E-state index in [2.05, 4.69) is 179 Å². The summed E-state index contributed by atoms with van der Waals surface area (Å²) >= 11 is 0. The van der Waals surface area contributed by atoms with Crippen molar-refractivity contribution in [3.8, 4) is 0 Å². The highest BCUT2D eigenvalue weighted by Crippen LogP contribution is 2.15. The molecule has 0 saturated carbocycles. The zero-order valence-electron chi connectivity index (χ0n) is 51.7. The molecule has 0 saturated heterocycles. The Balaban J connectivity index is 4.33. The van der Waals surface area contributed by atoms with E-state index in [-0.39, 0.29) is 32.0 Å². The van der Waals surface area contributed by atoms with Gasteiger partial charge in [-0.2, -0.15) is 0 Å². The van der Waals surface area contributed by atoms with E-state index in [0.29, 0.717) is 19.3 Å². The molecule has 0 aromatic carbocycles. The standard InChI is InChI=1S/C75H116O6/c1-4-7-10-13-16-19-22-25-28-29-30-31-32-33-34-35-36-37-38-39-40-41-42-43-44-45-48-50-53-56-59-62-65-68-74(77)80-71-72(81-75(78)69-66-63-60-57-54-51-47-27-24-21-18-15-12-9-6-3)70-79-73(76)67-64-61-58-55-52-49-46-26-23-20-17-14-11-8-5-2/h7-12,16-21,25-28,30-31,33-34,46-47,52,54-55,57,61,63-64,66,72H,4-6,13-15,22-24,29,32,35-45,48-51,53,56,58-60,62,65,67-71H2,1-3H3/b10-7-,11-8-,12-9-,19-16-,20-17-,21-18-,28-25-,31-30-,34-33-,46-26-,47-27-,55-52-,57-54-,64-61-,66-63-. The van der Waals surface area contributed by atoms with Gasteiger partial charge in [0.25, 0.3) is 0 Å². The molecular formula is C75H116O6. The monoisotopic (exact) mass is 1110 g/mol. The van der Waals surface area contributed by atoms with Gasteiger partial charge in [0.2, 0.25) is 0 Å². The lowest BCUT2D eigenvalue weighted by atomic mass is 10.0. The van der Waals surface area contributed by atoms with Crippen molar-refractivity contribution < 1.29 is 28.6 Å². The van der Waals surface area contributed by atoms with Crippen LogP contribution in [0.4, 0.5) is 0 Å². The summed E-state index contributed by atoms with van der Waals surface area (Å²) in [5, 5.41) is 0. The van der Waals surface area contributed by atoms with E-state index < -0.39 is 18.0 Å². The van der Waals surface area contributed by atoms with Crippen LogP contribution in [0.3, 0.4) is 0 Å². The fourth-order valence-corrected chi connectivity index (χ4v) is 8.27. The number of esters is 3. The van der Waals surface area contributed by atoms with E-state index in [4.69, 9.17) is 14.2 Å². The Morgan fingerprint density at radius 1 is 0.259 bits per heavy atom. The first-order valence-corrected chi connectivity index (χ1v) is 32.3. The number of allylic oxidation sites excluding steroid dienone is 28. The predicted molar refractivity (Wildman–Crippen MR) is 352 cm³/mol. The van der Waals surface area contributed by atoms with Crippen LogP contribution in [0.25, 0.3) is 0 Å². The summed E-state index contributed by atoms with van der Waals surface area (Å²) in [5.41, 5.74) is 0. The van der Waals surface area contributed by atoms with Crippen molar-refractivity contribution in [2.24, 2.45) is 0 Å². The van der Waals surface area contributed by atoms with Gasteiger partial charge in [0, 0.05) is 6.42 Å². The molecule has 0 rings (SSSR count). The highest BCUT2D eigenvalue weighted by Gasteiger charge is 2.19. The Labute approximate surface area is 497 Å². The molecule has 0 aromatic rings. The molecule has 0 amide bonds. The molecule has 6 heteroatoms. The molecular weight excluding hydrogens is 997 g/mol. The second-order valence-electron chi connectivity index (χ2n) is 20.6. The molecule has 0 aliphatic rings. The summed E-state index contributed by atoms with van der Waals surface area (Å²) in [7, 11) is 0. The minimum Gasteiger partial charge on any atom is -0.462 e. The van der Waals surface area contributed by atoms with Crippen molar-refractivity contribution in [1.82, 2.24) is 0 Å². The molecule has 452 valence electrons. The quantitative estimate of drug-likeness (QED) is 0.0261. The van der Waals surface area contributed by atoms with Gasteiger partial charge in [-0.15, -0.1) is 0 Å². The summed E-state index contributed by atoms with van der Waals surface area (Å²) in [5.74, 6) is -1.22. The average Bonchev–Trinajstić information content (AvgIpc) is 3.47. The van der Waals surface area contributed by atoms with E-state index in [1.54, 1.807) is 12.2 Å². The van der Waals surface area contributed by atoms with Gasteiger partial charge < -0.3 is 14.2 Å². The van der Waals surface area contributed by atoms with E-state index in [1.807, 2.05) is 12.2 Å². The van der Waals surface area contributed by atoms with Gasteiger partial charge >= 0.3 is 17.9 Å². The van der Waals surface area contributed by atoms with Crippen molar-refractivity contribution in [3.63, 3.8) is 0 Å². The van der Waals surface area contributed by atoms with Crippen LogP contribution in [-0.2, 0) is 28.6 Å². The molecule has 0 aliphatic carbocycles. The normalized spacial score (nSPS) is 13.4. The van der Waals surface area contributed by atoms with Gasteiger partial charge in [0.1, 0.15) is 13.2 Å². The molecule has 1 atom stereocenters. The molecule has 6 nitrogen and oxygen atoms in total. The Morgan fingerprint density at radius 3 is 0.802 bits per heavy atom. The van der Waals surface area contributed by atoms with Gasteiger partial charge in [0.05, 0.1) is 12.8 Å². The summed E-state index contributed by atoms with van der Waals surface area (Å²) in [6.07, 6.45) is 101. The summed E-state index contributed by atoms with van der Waals surface area (Å²) in [4.78, 5) is 38.1. The van der Waals surface area contributed by atoms with Crippen LogP contribution in [0, 0.1) is 0 Å². The van der Waals surface area contributed by atoms with Crippen molar-refractivity contribution in [3.05, 3.63) is 182 Å². The fraction of sp³-hybridized carbons (Fsp3) is 0.560. The number of hydrogen-bond donors (Lipinski definition) is 0. The third kappa shape index (κ3) is 65.2. The smallest absolute Gasteiger partial charge is 0.310 e. The van der Waals surface area contributed by atoms with Gasteiger partial charge in [0.15, 0.2) is 6.10 Å². The number of ether oxygens (including phenoxy) is 3. The zero-order valence-corrected chi connectivity index (χ0v) is 51.7. The van der Waals surface area contributed by atoms with Crippen LogP contribution in [0.5, 0.6) is 0 Å². The highest BCUT2D eigenvalue weighted by molar-refractivity contribution is 5.72. The van der Waals surface area contributed by atoms with Crippen LogP contribution < -0.4 is 0 Å². The molecule has 1 unspecified atom stereocenters. The first-order chi connectivity index (χ1) is 40.0. The minimum atomic E-state index is -0.881. The van der Waals surface area contributed by atoms with E-state index in [1.165, 1.54) is 96.3 Å². The maximum atomic E-state index is 12.8. The van der Waals surface area contributed by atoms with E-state index in [0.717, 1.165) is 103 Å². The van der Waals surface area contributed by atoms with E-state index in [9.17, 15) is 14.4 Å². The number of carbonyl (C=O) groups is 3. The summed E-state index contributed by atoms with van der Waals surface area (Å²) in [6.45, 7) is 6.12. The van der Waals surface area contributed by atoms with Crippen LogP contribution in [0.1, 0.15) is 252 Å². The van der Waals surface area contributed by atoms with Crippen LogP contribution in [0.15, 0.2) is 182 Å². The Hall–Kier alpha value is -5.49. The molecule has 0 N–H and O–H groups in total. The summed E-state index contributed by atoms with van der Waals surface area (Å²) in [6, 6.07) is 0. The molecule has 81 heavy (non-hydrogen) atoms. The second kappa shape index (κ2) is 67.0. The number of hydrogen-bond acceptors (Lipinski definition) is 6. The number of unbranched alkanes of at least 4 members (excludes halogenated alkanes) is 17. The molecule has 0 fully saturated rings. The lowest BCUT2D eigenvalue weighted by Crippen LogP contribution is -2.30. The van der Waals surface area contributed by atoms with Gasteiger partial charge in [-0.05, 0) is 116 Å². The lowest BCUT2D eigenvalue weighted by Gasteiger charge is -2.17. The Kier molecular flexibility index (Phi) is 62.5. The summed E-state index contributed by atoms with van der Waals surface area (Å²) < 4.78 is 16.7. The second-order valence-corrected chi connectivity index (χ2v) is 20.6. The predicted octanol–water partition coefficient (Wildman–Crippen LogP) is 22.4. The molecule has 0 heterocycles. The number of carbonyl (C=O) groups excluding carboxylic acids is 3. The molecule has 0 aliphatic heterocycles. The van der Waals surface area contributed by atoms with Gasteiger partial charge in [-0.3, -0.25) is 14.4 Å². The highest BCUT2D eigenvalue weighted by atomic mass is 16.6. The van der Waals surface area contributed by atoms with Crippen molar-refractivity contribution in [1.29, 1.82) is 0 Å². The maximum absolute atomic E-state index is 12.8. The Bertz CT molecular complexity index is 1900. The molecule has 0 aromatic heterocycles. The first kappa shape index (κ1) is 75.5. The Morgan fingerprint density at radius 2 is 0.494 bits per heavy atom. The van der Waals surface area contributed by atoms with Crippen LogP contribution in [0.2, 0.25) is 0 Å². The molecule has 0 radical (unpaired) electrons. The number of rotatable bonds is 56.